The van der Waals surface area contributed by atoms with E-state index in [1.54, 1.807) is 12.1 Å². The zero-order valence-electron chi connectivity index (χ0n) is 20.7. The van der Waals surface area contributed by atoms with Gasteiger partial charge in [-0.25, -0.2) is 8.42 Å². The molecule has 0 aromatic heterocycles. The van der Waals surface area contributed by atoms with Crippen LogP contribution in [0.1, 0.15) is 99.4 Å². The average Bonchev–Trinajstić information content (AvgIpc) is 3.15. The number of hydrogen-bond acceptors (Lipinski definition) is 6. The van der Waals surface area contributed by atoms with E-state index in [1.165, 1.54) is 11.0 Å². The minimum atomic E-state index is -3.58. The quantitative estimate of drug-likeness (QED) is 0.266. The van der Waals surface area contributed by atoms with Gasteiger partial charge in [0.05, 0.1) is 10.6 Å². The first-order valence-corrected chi connectivity index (χ1v) is 14.6. The van der Waals surface area contributed by atoms with Crippen molar-refractivity contribution in [3.8, 4) is 0 Å². The largest absolute Gasteiger partial charge is 0.481 e. The molecule has 36 heavy (non-hydrogen) atoms. The van der Waals surface area contributed by atoms with Crippen molar-refractivity contribution in [2.45, 2.75) is 101 Å². The third kappa shape index (κ3) is 7.38. The Kier molecular flexibility index (Phi) is 10.0. The standard InChI is InChI=1S/C26H36N2O7S/c29-23-16-15-21(25(32)27-23)28-18-20-19(26(28)33)12-11-13-22(20)36(34,35)17-10-8-6-4-2-1-3-5-7-9-14-24(30)31/h11-13,21H,1-10,14-18H2,(H,30,31)(H,27,29,32). The molecule has 0 saturated carbocycles. The van der Waals surface area contributed by atoms with Crippen LogP contribution in [0.2, 0.25) is 0 Å². The number of amides is 3. The molecule has 2 aliphatic rings. The van der Waals surface area contributed by atoms with Crippen LogP contribution >= 0.6 is 0 Å². The monoisotopic (exact) mass is 520 g/mol. The Balaban J connectivity index is 1.43. The molecule has 2 N–H and O–H groups in total. The van der Waals surface area contributed by atoms with Gasteiger partial charge < -0.3 is 10.0 Å². The molecule has 2 heterocycles. The number of aliphatic carboxylic acids is 1. The first kappa shape index (κ1) is 27.8. The Bertz CT molecular complexity index is 1080. The van der Waals surface area contributed by atoms with E-state index in [0.29, 0.717) is 17.5 Å². The summed E-state index contributed by atoms with van der Waals surface area (Å²) in [5.41, 5.74) is 0.749. The van der Waals surface area contributed by atoms with E-state index in [4.69, 9.17) is 5.11 Å². The summed E-state index contributed by atoms with van der Waals surface area (Å²) in [4.78, 5) is 48.7. The lowest BCUT2D eigenvalue weighted by molar-refractivity contribution is -0.138. The number of carbonyl (C=O) groups excluding carboxylic acids is 3. The van der Waals surface area contributed by atoms with Gasteiger partial charge in [-0.2, -0.15) is 0 Å². The highest BCUT2D eigenvalue weighted by atomic mass is 32.2. The number of fused-ring (bicyclic) bond motifs is 1. The summed E-state index contributed by atoms with van der Waals surface area (Å²) < 4.78 is 26.2. The molecule has 1 aromatic rings. The van der Waals surface area contributed by atoms with Crippen molar-refractivity contribution in [3.05, 3.63) is 29.3 Å². The van der Waals surface area contributed by atoms with Crippen molar-refractivity contribution < 1.29 is 32.7 Å². The molecule has 1 saturated heterocycles. The fourth-order valence-electron chi connectivity index (χ4n) is 4.94. The first-order valence-electron chi connectivity index (χ1n) is 12.9. The lowest BCUT2D eigenvalue weighted by atomic mass is 10.0. The maximum atomic E-state index is 13.1. The van der Waals surface area contributed by atoms with Gasteiger partial charge >= 0.3 is 5.97 Å². The van der Waals surface area contributed by atoms with E-state index < -0.39 is 27.8 Å². The van der Waals surface area contributed by atoms with E-state index in [9.17, 15) is 27.6 Å². The summed E-state index contributed by atoms with van der Waals surface area (Å²) in [5.74, 6) is -1.99. The van der Waals surface area contributed by atoms with Gasteiger partial charge in [0.25, 0.3) is 5.91 Å². The second kappa shape index (κ2) is 13.0. The molecule has 1 aromatic carbocycles. The molecular weight excluding hydrogens is 484 g/mol. The minimum Gasteiger partial charge on any atom is -0.481 e. The Morgan fingerprint density at radius 1 is 0.944 bits per heavy atom. The molecule has 1 atom stereocenters. The molecule has 0 bridgehead atoms. The van der Waals surface area contributed by atoms with Gasteiger partial charge in [-0.05, 0) is 31.4 Å². The van der Waals surface area contributed by atoms with E-state index >= 15 is 0 Å². The molecule has 3 amide bonds. The Morgan fingerprint density at radius 2 is 1.56 bits per heavy atom. The Hall–Kier alpha value is -2.75. The number of nitrogens with one attached hydrogen (secondary N) is 1. The maximum absolute atomic E-state index is 13.1. The maximum Gasteiger partial charge on any atom is 0.303 e. The molecule has 0 spiro atoms. The smallest absolute Gasteiger partial charge is 0.303 e. The van der Waals surface area contributed by atoms with Crippen molar-refractivity contribution in [2.75, 3.05) is 5.75 Å². The fraction of sp³-hybridized carbons (Fsp3) is 0.615. The van der Waals surface area contributed by atoms with Gasteiger partial charge in [-0.3, -0.25) is 24.5 Å². The van der Waals surface area contributed by atoms with Gasteiger partial charge in [-0.15, -0.1) is 0 Å². The van der Waals surface area contributed by atoms with Crippen molar-refractivity contribution in [3.63, 3.8) is 0 Å². The molecule has 2 aliphatic heterocycles. The van der Waals surface area contributed by atoms with E-state index in [1.807, 2.05) is 0 Å². The highest BCUT2D eigenvalue weighted by Crippen LogP contribution is 2.32. The van der Waals surface area contributed by atoms with Crippen LogP contribution in [-0.4, -0.2) is 53.9 Å². The number of carbonyl (C=O) groups is 4. The number of carboxylic acids is 1. The Labute approximate surface area is 212 Å². The number of carboxylic acid groups (broad SMARTS) is 1. The third-order valence-electron chi connectivity index (χ3n) is 6.93. The van der Waals surface area contributed by atoms with Crippen molar-refractivity contribution >= 4 is 33.5 Å². The van der Waals surface area contributed by atoms with Crippen LogP contribution in [0.15, 0.2) is 23.1 Å². The number of benzene rings is 1. The fourth-order valence-corrected chi connectivity index (χ4v) is 6.58. The van der Waals surface area contributed by atoms with Gasteiger partial charge in [0, 0.05) is 30.5 Å². The van der Waals surface area contributed by atoms with Gasteiger partial charge in [-0.1, -0.05) is 57.4 Å². The second-order valence-electron chi connectivity index (χ2n) is 9.68. The summed E-state index contributed by atoms with van der Waals surface area (Å²) in [6, 6.07) is 3.92. The third-order valence-corrected chi connectivity index (χ3v) is 8.81. The van der Waals surface area contributed by atoms with E-state index in [2.05, 4.69) is 5.32 Å². The van der Waals surface area contributed by atoms with Crippen LogP contribution in [0.25, 0.3) is 0 Å². The van der Waals surface area contributed by atoms with E-state index in [-0.39, 0.29) is 48.3 Å². The highest BCUT2D eigenvalue weighted by molar-refractivity contribution is 7.91. The average molecular weight is 521 g/mol. The number of rotatable bonds is 15. The van der Waals surface area contributed by atoms with Crippen LogP contribution in [0, 0.1) is 0 Å². The molecule has 0 aliphatic carbocycles. The lowest BCUT2D eigenvalue weighted by Crippen LogP contribution is -2.52. The molecular formula is C26H36N2O7S. The first-order chi connectivity index (χ1) is 17.2. The van der Waals surface area contributed by atoms with Crippen molar-refractivity contribution in [1.29, 1.82) is 0 Å². The van der Waals surface area contributed by atoms with Gasteiger partial charge in [0.15, 0.2) is 9.84 Å². The van der Waals surface area contributed by atoms with Crippen LogP contribution < -0.4 is 5.32 Å². The molecule has 0 radical (unpaired) electrons. The summed E-state index contributed by atoms with van der Waals surface area (Å²) in [6.45, 7) is 0.0478. The van der Waals surface area contributed by atoms with Crippen LogP contribution in [0.4, 0.5) is 0 Å². The minimum absolute atomic E-state index is 0.0135. The predicted octanol–water partition coefficient (Wildman–Crippen LogP) is 3.60. The predicted molar refractivity (Wildman–Crippen MR) is 133 cm³/mol. The molecule has 10 heteroatoms. The molecule has 9 nitrogen and oxygen atoms in total. The zero-order chi connectivity index (χ0) is 26.1. The SMILES string of the molecule is O=C(O)CCCCCCCCCCCCS(=O)(=O)c1cccc2c1CN(C1CCC(=O)NC1=O)C2=O. The highest BCUT2D eigenvalue weighted by Gasteiger charge is 2.40. The topological polar surface area (TPSA) is 138 Å². The van der Waals surface area contributed by atoms with E-state index in [0.717, 1.165) is 57.8 Å². The summed E-state index contributed by atoms with van der Waals surface area (Å²) in [5, 5.41) is 10.9. The van der Waals surface area contributed by atoms with Crippen LogP contribution in [0.5, 0.6) is 0 Å². The second-order valence-corrected chi connectivity index (χ2v) is 11.8. The van der Waals surface area contributed by atoms with Crippen LogP contribution in [0.3, 0.4) is 0 Å². The number of nitrogens with zero attached hydrogens (tertiary/aromatic N) is 1. The molecule has 1 unspecified atom stereocenters. The summed E-state index contributed by atoms with van der Waals surface area (Å²) in [6.07, 6.45) is 10.0. The van der Waals surface area contributed by atoms with Gasteiger partial charge in [0.1, 0.15) is 6.04 Å². The van der Waals surface area contributed by atoms with Gasteiger partial charge in [0.2, 0.25) is 11.8 Å². The molecule has 3 rings (SSSR count). The number of imide groups is 1. The van der Waals surface area contributed by atoms with Crippen molar-refractivity contribution in [2.24, 2.45) is 0 Å². The normalized spacial score (nSPS) is 17.8. The molecule has 1 fully saturated rings. The molecule has 198 valence electrons. The van der Waals surface area contributed by atoms with Crippen LogP contribution in [-0.2, 0) is 30.8 Å². The zero-order valence-corrected chi connectivity index (χ0v) is 21.5. The van der Waals surface area contributed by atoms with Crippen molar-refractivity contribution in [1.82, 2.24) is 10.2 Å². The summed E-state index contributed by atoms with van der Waals surface area (Å²) >= 11 is 0. The number of sulfone groups is 1. The number of hydrogen-bond donors (Lipinski definition) is 2. The number of unbranched alkanes of at least 4 members (excludes halogenated alkanes) is 9. The lowest BCUT2D eigenvalue weighted by Gasteiger charge is -2.29. The Morgan fingerprint density at radius 3 is 2.17 bits per heavy atom. The summed E-state index contributed by atoms with van der Waals surface area (Å²) in [7, 11) is -3.58. The number of piperidine rings is 1.